The number of carbonyl (C=O) groups excluding carboxylic acids is 1. The SMILES string of the molecule is CCCC[C@@H](Sc1nnc(-c2ccc(C)cc2)n1C)C(=O)Nc1cc(C)on1. The topological polar surface area (TPSA) is 85.8 Å². The molecule has 0 fully saturated rings. The molecule has 8 heteroatoms. The van der Waals surface area contributed by atoms with Crippen molar-refractivity contribution in [3.8, 4) is 11.4 Å². The molecule has 0 aliphatic carbocycles. The summed E-state index contributed by atoms with van der Waals surface area (Å²) in [6.45, 7) is 5.95. The number of carbonyl (C=O) groups is 1. The van der Waals surface area contributed by atoms with Crippen molar-refractivity contribution in [1.29, 1.82) is 0 Å². The van der Waals surface area contributed by atoms with Crippen molar-refractivity contribution in [3.05, 3.63) is 41.7 Å². The summed E-state index contributed by atoms with van der Waals surface area (Å²) in [4.78, 5) is 12.8. The van der Waals surface area contributed by atoms with Gasteiger partial charge in [-0.3, -0.25) is 4.79 Å². The zero-order chi connectivity index (χ0) is 20.1. The normalized spacial score (nSPS) is 12.1. The third-order valence-electron chi connectivity index (χ3n) is 4.38. The van der Waals surface area contributed by atoms with Gasteiger partial charge in [0.05, 0.1) is 5.25 Å². The first-order valence-electron chi connectivity index (χ1n) is 9.35. The van der Waals surface area contributed by atoms with Crippen molar-refractivity contribution in [2.24, 2.45) is 7.05 Å². The Morgan fingerprint density at radius 2 is 2.00 bits per heavy atom. The highest BCUT2D eigenvalue weighted by Gasteiger charge is 2.24. The summed E-state index contributed by atoms with van der Waals surface area (Å²) >= 11 is 1.43. The lowest BCUT2D eigenvalue weighted by Crippen LogP contribution is -2.25. The number of thioether (sulfide) groups is 1. The Bertz CT molecular complexity index is 932. The fourth-order valence-corrected chi connectivity index (χ4v) is 3.80. The largest absolute Gasteiger partial charge is 0.360 e. The lowest BCUT2D eigenvalue weighted by atomic mass is 10.1. The maximum atomic E-state index is 12.8. The molecule has 1 aromatic carbocycles. The van der Waals surface area contributed by atoms with Crippen LogP contribution >= 0.6 is 11.8 Å². The smallest absolute Gasteiger partial charge is 0.239 e. The number of rotatable bonds is 8. The van der Waals surface area contributed by atoms with Crippen molar-refractivity contribution < 1.29 is 9.32 Å². The average Bonchev–Trinajstić information content (AvgIpc) is 3.25. The van der Waals surface area contributed by atoms with Gasteiger partial charge in [0, 0.05) is 18.7 Å². The monoisotopic (exact) mass is 399 g/mol. The number of aromatic nitrogens is 4. The van der Waals surface area contributed by atoms with Crippen molar-refractivity contribution in [1.82, 2.24) is 19.9 Å². The van der Waals surface area contributed by atoms with Crippen LogP contribution in [0.4, 0.5) is 5.82 Å². The van der Waals surface area contributed by atoms with E-state index in [1.807, 2.05) is 35.9 Å². The van der Waals surface area contributed by atoms with Crippen molar-refractivity contribution in [2.75, 3.05) is 5.32 Å². The van der Waals surface area contributed by atoms with Gasteiger partial charge in [-0.1, -0.05) is 66.5 Å². The standard InChI is InChI=1S/C20H25N5O2S/c1-5-6-7-16(19(26)21-17-12-14(3)27-24-17)28-20-23-22-18(25(20)4)15-10-8-13(2)9-11-15/h8-12,16H,5-7H2,1-4H3,(H,21,24,26)/t16-/m1/s1. The third-order valence-corrected chi connectivity index (χ3v) is 5.68. The van der Waals surface area contributed by atoms with E-state index < -0.39 is 0 Å². The van der Waals surface area contributed by atoms with E-state index in [4.69, 9.17) is 4.52 Å². The van der Waals surface area contributed by atoms with Gasteiger partial charge in [0.25, 0.3) is 0 Å². The molecule has 3 rings (SSSR count). The van der Waals surface area contributed by atoms with Crippen LogP contribution in [0.2, 0.25) is 0 Å². The van der Waals surface area contributed by atoms with Crippen LogP contribution in [0.3, 0.4) is 0 Å². The van der Waals surface area contributed by atoms with Crippen LogP contribution in [-0.2, 0) is 11.8 Å². The Labute approximate surface area is 168 Å². The minimum atomic E-state index is -0.286. The van der Waals surface area contributed by atoms with Crippen molar-refractivity contribution in [2.45, 2.75) is 50.4 Å². The summed E-state index contributed by atoms with van der Waals surface area (Å²) in [6.07, 6.45) is 2.71. The number of benzene rings is 1. The van der Waals surface area contributed by atoms with Gasteiger partial charge in [0.1, 0.15) is 5.76 Å². The molecule has 3 aromatic rings. The van der Waals surface area contributed by atoms with Crippen LogP contribution in [0, 0.1) is 13.8 Å². The number of hydrogen-bond acceptors (Lipinski definition) is 6. The number of anilines is 1. The van der Waals surface area contributed by atoms with E-state index in [0.717, 1.165) is 30.7 Å². The molecule has 28 heavy (non-hydrogen) atoms. The van der Waals surface area contributed by atoms with Gasteiger partial charge in [-0.15, -0.1) is 10.2 Å². The zero-order valence-electron chi connectivity index (χ0n) is 16.6. The molecule has 0 saturated heterocycles. The van der Waals surface area contributed by atoms with Crippen LogP contribution in [0.15, 0.2) is 40.0 Å². The molecule has 2 heterocycles. The fourth-order valence-electron chi connectivity index (χ4n) is 2.76. The molecule has 0 bridgehead atoms. The quantitative estimate of drug-likeness (QED) is 0.566. The Morgan fingerprint density at radius 1 is 1.25 bits per heavy atom. The van der Waals surface area contributed by atoms with Gasteiger partial charge in [-0.2, -0.15) is 0 Å². The molecule has 0 aliphatic heterocycles. The van der Waals surface area contributed by atoms with Crippen molar-refractivity contribution in [3.63, 3.8) is 0 Å². The second-order valence-electron chi connectivity index (χ2n) is 6.79. The highest BCUT2D eigenvalue weighted by molar-refractivity contribution is 8.00. The number of amides is 1. The van der Waals surface area contributed by atoms with E-state index in [0.29, 0.717) is 16.7 Å². The minimum Gasteiger partial charge on any atom is -0.360 e. The molecule has 1 N–H and O–H groups in total. The first-order valence-corrected chi connectivity index (χ1v) is 10.2. The molecule has 1 amide bonds. The summed E-state index contributed by atoms with van der Waals surface area (Å²) in [5.41, 5.74) is 2.19. The molecule has 0 aliphatic rings. The summed E-state index contributed by atoms with van der Waals surface area (Å²) in [5.74, 6) is 1.77. The first kappa shape index (κ1) is 20.1. The molecular weight excluding hydrogens is 374 g/mol. The third kappa shape index (κ3) is 4.81. The predicted octanol–water partition coefficient (Wildman–Crippen LogP) is 4.38. The minimum absolute atomic E-state index is 0.105. The molecule has 7 nitrogen and oxygen atoms in total. The van der Waals surface area contributed by atoms with Gasteiger partial charge in [-0.25, -0.2) is 0 Å². The summed E-state index contributed by atoms with van der Waals surface area (Å²) in [6, 6.07) is 9.86. The number of nitrogens with one attached hydrogen (secondary N) is 1. The Morgan fingerprint density at radius 3 is 2.64 bits per heavy atom. The molecular formula is C20H25N5O2S. The number of hydrogen-bond donors (Lipinski definition) is 1. The van der Waals surface area contributed by atoms with E-state index in [2.05, 4.69) is 34.5 Å². The van der Waals surface area contributed by atoms with Gasteiger partial charge in [0.2, 0.25) is 5.91 Å². The van der Waals surface area contributed by atoms with E-state index in [-0.39, 0.29) is 11.2 Å². The Kier molecular flexibility index (Phi) is 6.51. The fraction of sp³-hybridized carbons (Fsp3) is 0.400. The summed E-state index contributed by atoms with van der Waals surface area (Å²) < 4.78 is 6.96. The van der Waals surface area contributed by atoms with Crippen LogP contribution in [0.1, 0.15) is 37.5 Å². The highest BCUT2D eigenvalue weighted by Crippen LogP contribution is 2.29. The van der Waals surface area contributed by atoms with E-state index >= 15 is 0 Å². The van der Waals surface area contributed by atoms with Gasteiger partial charge < -0.3 is 14.4 Å². The predicted molar refractivity (Wildman–Crippen MR) is 110 cm³/mol. The molecule has 148 valence electrons. The van der Waals surface area contributed by atoms with Gasteiger partial charge in [0.15, 0.2) is 16.8 Å². The van der Waals surface area contributed by atoms with Crippen LogP contribution in [-0.4, -0.2) is 31.1 Å². The Balaban J connectivity index is 1.77. The molecule has 0 unspecified atom stereocenters. The number of nitrogens with zero attached hydrogens (tertiary/aromatic N) is 4. The molecule has 0 radical (unpaired) electrons. The second kappa shape index (κ2) is 9.05. The molecule has 2 aromatic heterocycles. The lowest BCUT2D eigenvalue weighted by Gasteiger charge is -2.14. The number of aryl methyl sites for hydroxylation is 2. The average molecular weight is 400 g/mol. The van der Waals surface area contributed by atoms with Gasteiger partial charge in [-0.05, 0) is 20.3 Å². The Hall–Kier alpha value is -2.61. The summed E-state index contributed by atoms with van der Waals surface area (Å²) in [5, 5.41) is 15.7. The summed E-state index contributed by atoms with van der Waals surface area (Å²) in [7, 11) is 1.92. The maximum Gasteiger partial charge on any atom is 0.239 e. The molecule has 0 saturated carbocycles. The van der Waals surface area contributed by atoms with Gasteiger partial charge >= 0.3 is 0 Å². The van der Waals surface area contributed by atoms with E-state index in [1.54, 1.807) is 13.0 Å². The van der Waals surface area contributed by atoms with Crippen molar-refractivity contribution >= 4 is 23.5 Å². The molecule has 0 spiro atoms. The van der Waals surface area contributed by atoms with Crippen LogP contribution in [0.25, 0.3) is 11.4 Å². The second-order valence-corrected chi connectivity index (χ2v) is 7.96. The highest BCUT2D eigenvalue weighted by atomic mass is 32.2. The van der Waals surface area contributed by atoms with Crippen LogP contribution in [0.5, 0.6) is 0 Å². The molecule has 1 atom stereocenters. The maximum absolute atomic E-state index is 12.8. The zero-order valence-corrected chi connectivity index (χ0v) is 17.4. The first-order chi connectivity index (χ1) is 13.5. The van der Waals surface area contributed by atoms with E-state index in [1.165, 1.54) is 17.3 Å². The van der Waals surface area contributed by atoms with E-state index in [9.17, 15) is 4.79 Å². The number of unbranched alkanes of at least 4 members (excludes halogenated alkanes) is 1. The van der Waals surface area contributed by atoms with Crippen LogP contribution < -0.4 is 5.32 Å². The lowest BCUT2D eigenvalue weighted by molar-refractivity contribution is -0.115.